The first-order valence-corrected chi connectivity index (χ1v) is 11.8. The van der Waals surface area contributed by atoms with Crippen LogP contribution in [0.4, 0.5) is 0 Å². The van der Waals surface area contributed by atoms with Crippen molar-refractivity contribution in [1.82, 2.24) is 20.9 Å². The summed E-state index contributed by atoms with van der Waals surface area (Å²) in [6.45, 7) is 5.04. The molecule has 0 radical (unpaired) electrons. The molecule has 0 aliphatic rings. The normalized spacial score (nSPS) is 15.6. The summed E-state index contributed by atoms with van der Waals surface area (Å²) < 4.78 is 0. The molecule has 2 aromatic rings. The van der Waals surface area contributed by atoms with Crippen LogP contribution in [0.5, 0.6) is 0 Å². The fraction of sp³-hybridized carbons (Fsp3) is 0.478. The van der Waals surface area contributed by atoms with Gasteiger partial charge in [-0.2, -0.15) is 12.6 Å². The minimum absolute atomic E-state index is 0.0175. The Balaban J connectivity index is 2.30. The van der Waals surface area contributed by atoms with Crippen molar-refractivity contribution in [2.45, 2.75) is 57.8 Å². The predicted molar refractivity (Wildman–Crippen MR) is 132 cm³/mol. The number of carboxylic acids is 1. The van der Waals surface area contributed by atoms with Gasteiger partial charge in [-0.25, -0.2) is 4.79 Å². The molecule has 11 heteroatoms. The Morgan fingerprint density at radius 2 is 1.65 bits per heavy atom. The fourth-order valence-corrected chi connectivity index (χ4v) is 3.69. The number of thiol groups is 1. The van der Waals surface area contributed by atoms with E-state index in [2.05, 4.69) is 33.6 Å². The van der Waals surface area contributed by atoms with Gasteiger partial charge in [-0.05, 0) is 24.5 Å². The average molecular weight is 492 g/mol. The fourth-order valence-electron chi connectivity index (χ4n) is 3.44. The van der Waals surface area contributed by atoms with Crippen molar-refractivity contribution >= 4 is 47.2 Å². The van der Waals surface area contributed by atoms with Crippen LogP contribution in [0.25, 0.3) is 10.9 Å². The van der Waals surface area contributed by atoms with Crippen LogP contribution in [0, 0.1) is 5.92 Å². The van der Waals surface area contributed by atoms with Gasteiger partial charge in [-0.1, -0.05) is 38.5 Å². The number of hydrogen-bond donors (Lipinski definition) is 7. The molecule has 186 valence electrons. The molecule has 1 aromatic heterocycles. The first-order chi connectivity index (χ1) is 16.1. The van der Waals surface area contributed by atoms with Gasteiger partial charge in [-0.3, -0.25) is 14.4 Å². The molecule has 10 nitrogen and oxygen atoms in total. The molecule has 0 spiro atoms. The lowest BCUT2D eigenvalue weighted by molar-refractivity contribution is -0.143. The first-order valence-electron chi connectivity index (χ1n) is 11.1. The molecular weight excluding hydrogens is 458 g/mol. The molecular formula is C23H33N5O5S. The first kappa shape index (κ1) is 27.2. The number of amides is 3. The molecule has 5 atom stereocenters. The summed E-state index contributed by atoms with van der Waals surface area (Å²) in [6.07, 6.45) is 2.39. The molecule has 0 aliphatic heterocycles. The van der Waals surface area contributed by atoms with E-state index in [0.717, 1.165) is 16.5 Å². The third-order valence-electron chi connectivity index (χ3n) is 5.74. The summed E-state index contributed by atoms with van der Waals surface area (Å²) in [5.74, 6) is -3.29. The molecule has 1 heterocycles. The van der Waals surface area contributed by atoms with Crippen LogP contribution in [0.1, 0.15) is 32.8 Å². The van der Waals surface area contributed by atoms with Crippen LogP contribution in [-0.2, 0) is 25.6 Å². The molecule has 34 heavy (non-hydrogen) atoms. The topological polar surface area (TPSA) is 166 Å². The Hall–Kier alpha value is -3.05. The second-order valence-electron chi connectivity index (χ2n) is 8.37. The van der Waals surface area contributed by atoms with Gasteiger partial charge in [0, 0.05) is 29.3 Å². The lowest BCUT2D eigenvalue weighted by atomic mass is 9.98. The zero-order chi connectivity index (χ0) is 25.4. The van der Waals surface area contributed by atoms with Gasteiger partial charge in [0.1, 0.15) is 18.1 Å². The monoisotopic (exact) mass is 491 g/mol. The number of hydrogen-bond acceptors (Lipinski definition) is 6. The maximum atomic E-state index is 13.2. The molecule has 0 fully saturated rings. The van der Waals surface area contributed by atoms with Crippen molar-refractivity contribution < 1.29 is 24.3 Å². The highest BCUT2D eigenvalue weighted by atomic mass is 32.1. The van der Waals surface area contributed by atoms with Crippen LogP contribution in [0.3, 0.4) is 0 Å². The molecule has 3 amide bonds. The summed E-state index contributed by atoms with van der Waals surface area (Å²) >= 11 is 4.13. The van der Waals surface area contributed by atoms with Gasteiger partial charge >= 0.3 is 5.97 Å². The van der Waals surface area contributed by atoms with E-state index in [9.17, 15) is 24.3 Å². The van der Waals surface area contributed by atoms with Gasteiger partial charge in [-0.15, -0.1) is 0 Å². The molecule has 2 rings (SSSR count). The number of nitrogens with two attached hydrogens (primary N) is 1. The van der Waals surface area contributed by atoms with E-state index in [0.29, 0.717) is 6.42 Å². The lowest BCUT2D eigenvalue weighted by Crippen LogP contribution is -2.58. The quantitative estimate of drug-likeness (QED) is 0.214. The molecule has 7 N–H and O–H groups in total. The number of fused-ring (bicyclic) bond motifs is 1. The highest BCUT2D eigenvalue weighted by Gasteiger charge is 2.32. The molecule has 5 unspecified atom stereocenters. The number of carbonyl (C=O) groups excluding carboxylic acids is 3. The van der Waals surface area contributed by atoms with E-state index >= 15 is 0 Å². The van der Waals surface area contributed by atoms with Crippen molar-refractivity contribution in [3.63, 3.8) is 0 Å². The van der Waals surface area contributed by atoms with Gasteiger partial charge < -0.3 is 31.8 Å². The highest BCUT2D eigenvalue weighted by molar-refractivity contribution is 7.80. The van der Waals surface area contributed by atoms with Crippen LogP contribution >= 0.6 is 12.6 Å². The Labute approximate surface area is 203 Å². The Kier molecular flexibility index (Phi) is 9.94. The van der Waals surface area contributed by atoms with Crippen LogP contribution < -0.4 is 21.7 Å². The summed E-state index contributed by atoms with van der Waals surface area (Å²) in [5.41, 5.74) is 7.20. The molecule has 0 saturated heterocycles. The number of aromatic amines is 1. The molecule has 0 bridgehead atoms. The van der Waals surface area contributed by atoms with Gasteiger partial charge in [0.15, 0.2) is 0 Å². The molecule has 0 saturated carbocycles. The Morgan fingerprint density at radius 3 is 2.24 bits per heavy atom. The largest absolute Gasteiger partial charge is 0.480 e. The zero-order valence-corrected chi connectivity index (χ0v) is 20.4. The van der Waals surface area contributed by atoms with E-state index < -0.39 is 47.9 Å². The summed E-state index contributed by atoms with van der Waals surface area (Å²) in [4.78, 5) is 52.9. The number of para-hydroxylation sites is 1. The number of aromatic nitrogens is 1. The third kappa shape index (κ3) is 6.97. The second-order valence-corrected chi connectivity index (χ2v) is 8.73. The maximum Gasteiger partial charge on any atom is 0.326 e. The molecule has 1 aromatic carbocycles. The van der Waals surface area contributed by atoms with Crippen molar-refractivity contribution in [3.05, 3.63) is 36.0 Å². The minimum Gasteiger partial charge on any atom is -0.480 e. The number of rotatable bonds is 12. The highest BCUT2D eigenvalue weighted by Crippen LogP contribution is 2.19. The van der Waals surface area contributed by atoms with Crippen LogP contribution in [-0.4, -0.2) is 63.7 Å². The van der Waals surface area contributed by atoms with Gasteiger partial charge in [0.05, 0.1) is 6.04 Å². The number of benzene rings is 1. The van der Waals surface area contributed by atoms with E-state index in [-0.39, 0.29) is 18.1 Å². The molecule has 0 aliphatic carbocycles. The van der Waals surface area contributed by atoms with Crippen molar-refractivity contribution in [1.29, 1.82) is 0 Å². The maximum absolute atomic E-state index is 13.2. The van der Waals surface area contributed by atoms with E-state index in [1.165, 1.54) is 6.92 Å². The van der Waals surface area contributed by atoms with E-state index in [4.69, 9.17) is 5.73 Å². The lowest BCUT2D eigenvalue weighted by Gasteiger charge is -2.26. The summed E-state index contributed by atoms with van der Waals surface area (Å²) in [5, 5.41) is 18.2. The van der Waals surface area contributed by atoms with Gasteiger partial charge in [0.25, 0.3) is 0 Å². The number of carbonyl (C=O) groups is 4. The number of aliphatic carboxylic acids is 1. The standard InChI is InChI=1S/C23H33N5O5S/c1-4-12(2)19(23(32)33)28-21(30)17(9-14-10-25-16-8-6-5-7-15(14)16)26-22(31)18(11-34)27-20(29)13(3)24/h5-8,10,12-13,17-19,25,34H,4,9,11,24H2,1-3H3,(H,26,31)(H,27,29)(H,28,30)(H,32,33). The second kappa shape index (κ2) is 12.4. The number of carboxylic acid groups (broad SMARTS) is 1. The number of nitrogens with one attached hydrogen (secondary N) is 4. The summed E-state index contributed by atoms with van der Waals surface area (Å²) in [6, 6.07) is 3.45. The van der Waals surface area contributed by atoms with Crippen molar-refractivity contribution in [2.75, 3.05) is 5.75 Å². The summed E-state index contributed by atoms with van der Waals surface area (Å²) in [7, 11) is 0. The minimum atomic E-state index is -1.16. The van der Waals surface area contributed by atoms with Gasteiger partial charge in [0.2, 0.25) is 17.7 Å². The Morgan fingerprint density at radius 1 is 1.03 bits per heavy atom. The Bertz CT molecular complexity index is 1020. The van der Waals surface area contributed by atoms with Crippen LogP contribution in [0.15, 0.2) is 30.5 Å². The predicted octanol–water partition coefficient (Wildman–Crippen LogP) is 0.573. The average Bonchev–Trinajstić information content (AvgIpc) is 3.22. The van der Waals surface area contributed by atoms with Crippen molar-refractivity contribution in [2.24, 2.45) is 11.7 Å². The zero-order valence-electron chi connectivity index (χ0n) is 19.5. The van der Waals surface area contributed by atoms with E-state index in [1.807, 2.05) is 31.2 Å². The SMILES string of the molecule is CCC(C)C(NC(=O)C(Cc1c[nH]c2ccccc12)NC(=O)C(CS)NC(=O)C(C)N)C(=O)O. The van der Waals surface area contributed by atoms with Crippen molar-refractivity contribution in [3.8, 4) is 0 Å². The smallest absolute Gasteiger partial charge is 0.326 e. The van der Waals surface area contributed by atoms with E-state index in [1.54, 1.807) is 13.1 Å². The van der Waals surface area contributed by atoms with Crippen LogP contribution in [0.2, 0.25) is 0 Å². The number of H-pyrrole nitrogens is 1. The third-order valence-corrected chi connectivity index (χ3v) is 6.10.